The van der Waals surface area contributed by atoms with Crippen molar-refractivity contribution in [3.05, 3.63) is 33.8 Å². The standard InChI is InChI=1S/C13H16BrNO3/c1-3-15(8-13(17)18)12(16)7-10-5-4-9(2)11(14)6-10/h4-6H,3,7-8H2,1-2H3,(H,17,18). The molecule has 0 bridgehead atoms. The molecule has 0 heterocycles. The van der Waals surface area contributed by atoms with Gasteiger partial charge in [-0.3, -0.25) is 9.59 Å². The summed E-state index contributed by atoms with van der Waals surface area (Å²) in [4.78, 5) is 23.9. The molecule has 98 valence electrons. The van der Waals surface area contributed by atoms with Crippen LogP contribution < -0.4 is 0 Å². The van der Waals surface area contributed by atoms with Crippen LogP contribution in [0.5, 0.6) is 0 Å². The van der Waals surface area contributed by atoms with Crippen LogP contribution >= 0.6 is 15.9 Å². The average Bonchev–Trinajstić information content (AvgIpc) is 2.30. The van der Waals surface area contributed by atoms with Gasteiger partial charge >= 0.3 is 5.97 Å². The third-order valence-corrected chi connectivity index (χ3v) is 3.51. The van der Waals surface area contributed by atoms with Crippen molar-refractivity contribution in [1.82, 2.24) is 4.90 Å². The summed E-state index contributed by atoms with van der Waals surface area (Å²) in [6, 6.07) is 5.70. The first kappa shape index (κ1) is 14.7. The number of aryl methyl sites for hydroxylation is 1. The van der Waals surface area contributed by atoms with E-state index >= 15 is 0 Å². The van der Waals surface area contributed by atoms with Gasteiger partial charge in [-0.05, 0) is 31.0 Å². The Hall–Kier alpha value is -1.36. The lowest BCUT2D eigenvalue weighted by Crippen LogP contribution is -2.36. The number of hydrogen-bond donors (Lipinski definition) is 1. The number of rotatable bonds is 5. The molecule has 1 rings (SSSR count). The minimum absolute atomic E-state index is 0.171. The van der Waals surface area contributed by atoms with Gasteiger partial charge in [-0.2, -0.15) is 0 Å². The van der Waals surface area contributed by atoms with Gasteiger partial charge in [0.25, 0.3) is 0 Å². The Morgan fingerprint density at radius 3 is 2.56 bits per heavy atom. The predicted octanol–water partition coefficient (Wildman–Crippen LogP) is 2.23. The fourth-order valence-corrected chi connectivity index (χ4v) is 2.00. The molecule has 0 fully saturated rings. The first-order valence-electron chi connectivity index (χ1n) is 5.68. The highest BCUT2D eigenvalue weighted by Crippen LogP contribution is 2.18. The Morgan fingerprint density at radius 1 is 1.39 bits per heavy atom. The van der Waals surface area contributed by atoms with Crippen molar-refractivity contribution in [3.63, 3.8) is 0 Å². The first-order valence-corrected chi connectivity index (χ1v) is 6.48. The van der Waals surface area contributed by atoms with Crippen LogP contribution in [-0.2, 0) is 16.0 Å². The number of hydrogen-bond acceptors (Lipinski definition) is 2. The largest absolute Gasteiger partial charge is 0.480 e. The molecular formula is C13H16BrNO3. The molecule has 5 heteroatoms. The van der Waals surface area contributed by atoms with E-state index in [4.69, 9.17) is 5.11 Å². The van der Waals surface area contributed by atoms with E-state index in [1.807, 2.05) is 25.1 Å². The molecule has 1 N–H and O–H groups in total. The highest BCUT2D eigenvalue weighted by molar-refractivity contribution is 9.10. The number of carbonyl (C=O) groups excluding carboxylic acids is 1. The van der Waals surface area contributed by atoms with E-state index in [0.29, 0.717) is 6.54 Å². The predicted molar refractivity (Wildman–Crippen MR) is 72.5 cm³/mol. The third-order valence-electron chi connectivity index (χ3n) is 2.65. The number of carbonyl (C=O) groups is 2. The second-order valence-electron chi connectivity index (χ2n) is 4.06. The molecule has 0 aromatic heterocycles. The van der Waals surface area contributed by atoms with Gasteiger partial charge in [0.1, 0.15) is 6.54 Å². The van der Waals surface area contributed by atoms with E-state index in [2.05, 4.69) is 15.9 Å². The van der Waals surface area contributed by atoms with Crippen LogP contribution in [-0.4, -0.2) is 35.0 Å². The maximum Gasteiger partial charge on any atom is 0.323 e. The minimum Gasteiger partial charge on any atom is -0.480 e. The van der Waals surface area contributed by atoms with Crippen LogP contribution in [0.25, 0.3) is 0 Å². The lowest BCUT2D eigenvalue weighted by atomic mass is 10.1. The zero-order chi connectivity index (χ0) is 13.7. The molecule has 0 saturated heterocycles. The fourth-order valence-electron chi connectivity index (χ4n) is 1.57. The van der Waals surface area contributed by atoms with Crippen LogP contribution in [0, 0.1) is 6.92 Å². The van der Waals surface area contributed by atoms with Crippen molar-refractivity contribution in [2.45, 2.75) is 20.3 Å². The highest BCUT2D eigenvalue weighted by atomic mass is 79.9. The van der Waals surface area contributed by atoms with E-state index < -0.39 is 5.97 Å². The number of carboxylic acid groups (broad SMARTS) is 1. The Kier molecular flexibility index (Phi) is 5.34. The molecule has 4 nitrogen and oxygen atoms in total. The SMILES string of the molecule is CCN(CC(=O)O)C(=O)Cc1ccc(C)c(Br)c1. The van der Waals surface area contributed by atoms with Gasteiger partial charge < -0.3 is 10.0 Å². The van der Waals surface area contributed by atoms with Crippen molar-refractivity contribution in [3.8, 4) is 0 Å². The Morgan fingerprint density at radius 2 is 2.06 bits per heavy atom. The monoisotopic (exact) mass is 313 g/mol. The van der Waals surface area contributed by atoms with Gasteiger partial charge in [0.15, 0.2) is 0 Å². The van der Waals surface area contributed by atoms with Crippen LogP contribution in [0.4, 0.5) is 0 Å². The minimum atomic E-state index is -0.990. The molecule has 0 aliphatic heterocycles. The van der Waals surface area contributed by atoms with Gasteiger partial charge in [0.05, 0.1) is 6.42 Å². The summed E-state index contributed by atoms with van der Waals surface area (Å²) < 4.78 is 0.953. The number of nitrogens with zero attached hydrogens (tertiary/aromatic N) is 1. The number of halogens is 1. The van der Waals surface area contributed by atoms with E-state index in [1.54, 1.807) is 6.92 Å². The molecule has 0 unspecified atom stereocenters. The quantitative estimate of drug-likeness (QED) is 0.907. The maximum atomic E-state index is 11.9. The second kappa shape index (κ2) is 6.54. The molecule has 1 amide bonds. The summed E-state index contributed by atoms with van der Waals surface area (Å²) >= 11 is 3.41. The van der Waals surface area contributed by atoms with Crippen LogP contribution in [0.1, 0.15) is 18.1 Å². The first-order chi connectivity index (χ1) is 8.43. The zero-order valence-corrected chi connectivity index (χ0v) is 12.0. The molecule has 0 atom stereocenters. The molecule has 0 radical (unpaired) electrons. The summed E-state index contributed by atoms with van der Waals surface area (Å²) in [6.45, 7) is 3.89. The summed E-state index contributed by atoms with van der Waals surface area (Å²) in [7, 11) is 0. The maximum absolute atomic E-state index is 11.9. The van der Waals surface area contributed by atoms with E-state index in [-0.39, 0.29) is 18.9 Å². The Balaban J connectivity index is 2.73. The Labute approximate surface area is 115 Å². The Bertz CT molecular complexity index is 460. The lowest BCUT2D eigenvalue weighted by Gasteiger charge is -2.18. The van der Waals surface area contributed by atoms with Crippen LogP contribution in [0.3, 0.4) is 0 Å². The fraction of sp³-hybridized carbons (Fsp3) is 0.385. The molecule has 1 aromatic carbocycles. The van der Waals surface area contributed by atoms with Gasteiger partial charge in [-0.25, -0.2) is 0 Å². The number of carboxylic acids is 1. The van der Waals surface area contributed by atoms with Crippen molar-refractivity contribution in [2.24, 2.45) is 0 Å². The average molecular weight is 314 g/mol. The summed E-state index contributed by atoms with van der Waals surface area (Å²) in [5.74, 6) is -1.16. The van der Waals surface area contributed by atoms with E-state index in [1.165, 1.54) is 4.90 Å². The van der Waals surface area contributed by atoms with Crippen molar-refractivity contribution in [2.75, 3.05) is 13.1 Å². The molecular weight excluding hydrogens is 298 g/mol. The molecule has 18 heavy (non-hydrogen) atoms. The second-order valence-corrected chi connectivity index (χ2v) is 4.92. The van der Waals surface area contributed by atoms with Gasteiger partial charge in [0.2, 0.25) is 5.91 Å². The summed E-state index contributed by atoms with van der Waals surface area (Å²) in [6.07, 6.45) is 0.222. The molecule has 1 aromatic rings. The van der Waals surface area contributed by atoms with Crippen LogP contribution in [0.15, 0.2) is 22.7 Å². The van der Waals surface area contributed by atoms with Crippen molar-refractivity contribution >= 4 is 27.8 Å². The smallest absolute Gasteiger partial charge is 0.323 e. The topological polar surface area (TPSA) is 57.6 Å². The molecule has 0 aliphatic carbocycles. The number of aliphatic carboxylic acids is 1. The van der Waals surface area contributed by atoms with Crippen molar-refractivity contribution in [1.29, 1.82) is 0 Å². The third kappa shape index (κ3) is 4.14. The number of benzene rings is 1. The number of amides is 1. The van der Waals surface area contributed by atoms with Gasteiger partial charge in [0, 0.05) is 11.0 Å². The van der Waals surface area contributed by atoms with Gasteiger partial charge in [-0.15, -0.1) is 0 Å². The number of likely N-dealkylation sites (N-methyl/N-ethyl adjacent to an activating group) is 1. The molecule has 0 spiro atoms. The molecule has 0 saturated carbocycles. The van der Waals surface area contributed by atoms with E-state index in [0.717, 1.165) is 15.6 Å². The highest BCUT2D eigenvalue weighted by Gasteiger charge is 2.15. The zero-order valence-electron chi connectivity index (χ0n) is 10.4. The van der Waals surface area contributed by atoms with Crippen LogP contribution in [0.2, 0.25) is 0 Å². The van der Waals surface area contributed by atoms with E-state index in [9.17, 15) is 9.59 Å². The van der Waals surface area contributed by atoms with Gasteiger partial charge in [-0.1, -0.05) is 28.1 Å². The lowest BCUT2D eigenvalue weighted by molar-refractivity contribution is -0.144. The van der Waals surface area contributed by atoms with Crippen molar-refractivity contribution < 1.29 is 14.7 Å². The molecule has 0 aliphatic rings. The normalized spacial score (nSPS) is 10.2. The summed E-state index contributed by atoms with van der Waals surface area (Å²) in [5.41, 5.74) is 1.98. The summed E-state index contributed by atoms with van der Waals surface area (Å²) in [5, 5.41) is 8.71.